The number of hydrogen-bond donors (Lipinski definition) is 4. The Labute approximate surface area is 164 Å². The first-order chi connectivity index (χ1) is 12.9. The Morgan fingerprint density at radius 1 is 1.00 bits per heavy atom. The first kappa shape index (κ1) is 20.8. The Bertz CT molecular complexity index is 869. The van der Waals surface area contributed by atoms with Gasteiger partial charge in [-0.15, -0.1) is 0 Å². The van der Waals surface area contributed by atoms with E-state index in [4.69, 9.17) is 12.2 Å². The lowest BCUT2D eigenvalue weighted by molar-refractivity contribution is -0.121. The van der Waals surface area contributed by atoms with E-state index in [1.165, 1.54) is 12.1 Å². The topological polar surface area (TPSA) is 99.3 Å². The quantitative estimate of drug-likeness (QED) is 0.409. The standard InChI is InChI=1S/C18H22N4O3S2/c1-14-7-9-16(10-8-14)27(24,25)20-12-11-17(23)21-22-18(26)19-13-15-5-3-2-4-6-15/h2-10,20H,11-13H2,1H3,(H,21,23)(H2,19,22,26). The number of carbonyl (C=O) groups is 1. The van der Waals surface area contributed by atoms with Gasteiger partial charge in [-0.2, -0.15) is 0 Å². The van der Waals surface area contributed by atoms with E-state index in [1.54, 1.807) is 12.1 Å². The summed E-state index contributed by atoms with van der Waals surface area (Å²) >= 11 is 5.07. The zero-order chi connectivity index (χ0) is 19.7. The molecule has 0 heterocycles. The zero-order valence-electron chi connectivity index (χ0n) is 14.9. The third kappa shape index (κ3) is 7.33. The molecule has 0 spiro atoms. The maximum atomic E-state index is 12.1. The van der Waals surface area contributed by atoms with Crippen molar-refractivity contribution in [3.63, 3.8) is 0 Å². The Kier molecular flexibility index (Phi) is 7.71. The van der Waals surface area contributed by atoms with Crippen LogP contribution in [0.15, 0.2) is 59.5 Å². The van der Waals surface area contributed by atoms with E-state index in [0.717, 1.165) is 11.1 Å². The Morgan fingerprint density at radius 2 is 1.67 bits per heavy atom. The molecule has 7 nitrogen and oxygen atoms in total. The van der Waals surface area contributed by atoms with Crippen molar-refractivity contribution >= 4 is 33.3 Å². The van der Waals surface area contributed by atoms with Crippen LogP contribution in [0.3, 0.4) is 0 Å². The highest BCUT2D eigenvalue weighted by atomic mass is 32.2. The van der Waals surface area contributed by atoms with Gasteiger partial charge in [0.1, 0.15) is 0 Å². The van der Waals surface area contributed by atoms with Gasteiger partial charge in [-0.1, -0.05) is 48.0 Å². The Morgan fingerprint density at radius 3 is 2.33 bits per heavy atom. The van der Waals surface area contributed by atoms with Gasteiger partial charge in [0.05, 0.1) is 4.90 Å². The second kappa shape index (κ2) is 10.0. The van der Waals surface area contributed by atoms with Gasteiger partial charge in [0.15, 0.2) is 5.11 Å². The van der Waals surface area contributed by atoms with Crippen LogP contribution in [-0.4, -0.2) is 26.0 Å². The lowest BCUT2D eigenvalue weighted by Crippen LogP contribution is -2.47. The summed E-state index contributed by atoms with van der Waals surface area (Å²) in [4.78, 5) is 12.0. The second-order valence-electron chi connectivity index (χ2n) is 5.80. The van der Waals surface area contributed by atoms with Crippen LogP contribution in [-0.2, 0) is 21.4 Å². The fourth-order valence-electron chi connectivity index (χ4n) is 2.11. The van der Waals surface area contributed by atoms with Crippen LogP contribution in [0, 0.1) is 6.92 Å². The molecule has 0 aliphatic rings. The van der Waals surface area contributed by atoms with Gasteiger partial charge >= 0.3 is 0 Å². The summed E-state index contributed by atoms with van der Waals surface area (Å²) in [5.41, 5.74) is 7.03. The van der Waals surface area contributed by atoms with Crippen LogP contribution >= 0.6 is 12.2 Å². The van der Waals surface area contributed by atoms with E-state index in [2.05, 4.69) is 20.9 Å². The van der Waals surface area contributed by atoms with Gasteiger partial charge in [-0.25, -0.2) is 13.1 Å². The van der Waals surface area contributed by atoms with E-state index in [9.17, 15) is 13.2 Å². The number of thiocarbonyl (C=S) groups is 1. The first-order valence-electron chi connectivity index (χ1n) is 8.30. The molecule has 0 saturated heterocycles. The van der Waals surface area contributed by atoms with Gasteiger partial charge in [0, 0.05) is 19.5 Å². The Balaban J connectivity index is 1.67. The van der Waals surface area contributed by atoms with E-state index >= 15 is 0 Å². The maximum Gasteiger partial charge on any atom is 0.240 e. The highest BCUT2D eigenvalue weighted by Crippen LogP contribution is 2.09. The number of carbonyl (C=O) groups excluding carboxylic acids is 1. The van der Waals surface area contributed by atoms with Gasteiger partial charge in [-0.05, 0) is 36.8 Å². The van der Waals surface area contributed by atoms with Crippen molar-refractivity contribution in [2.75, 3.05) is 6.54 Å². The van der Waals surface area contributed by atoms with E-state index in [0.29, 0.717) is 6.54 Å². The van der Waals surface area contributed by atoms with Crippen LogP contribution in [0.5, 0.6) is 0 Å². The second-order valence-corrected chi connectivity index (χ2v) is 7.98. The molecule has 2 aromatic rings. The number of sulfonamides is 1. The molecule has 0 atom stereocenters. The van der Waals surface area contributed by atoms with Gasteiger partial charge in [0.2, 0.25) is 15.9 Å². The number of amides is 1. The SMILES string of the molecule is Cc1ccc(S(=O)(=O)NCCC(=O)NNC(=S)NCc2ccccc2)cc1. The maximum absolute atomic E-state index is 12.1. The molecular weight excluding hydrogens is 384 g/mol. The van der Waals surface area contributed by atoms with E-state index in [1.807, 2.05) is 37.3 Å². The molecule has 0 aromatic heterocycles. The van der Waals surface area contributed by atoms with E-state index < -0.39 is 10.0 Å². The number of hydrazine groups is 1. The molecule has 0 fully saturated rings. The lowest BCUT2D eigenvalue weighted by Gasteiger charge is -2.12. The molecule has 0 bridgehead atoms. The van der Waals surface area contributed by atoms with E-state index in [-0.39, 0.29) is 28.9 Å². The fourth-order valence-corrected chi connectivity index (χ4v) is 3.27. The molecule has 27 heavy (non-hydrogen) atoms. The number of aryl methyl sites for hydroxylation is 1. The molecule has 0 saturated carbocycles. The molecule has 9 heteroatoms. The van der Waals surface area contributed by atoms with Crippen molar-refractivity contribution in [3.05, 3.63) is 65.7 Å². The van der Waals surface area contributed by atoms with Crippen molar-refractivity contribution in [1.29, 1.82) is 0 Å². The molecule has 0 aliphatic carbocycles. The summed E-state index contributed by atoms with van der Waals surface area (Å²) in [5.74, 6) is -0.384. The van der Waals surface area contributed by atoms with Crippen LogP contribution in [0.4, 0.5) is 0 Å². The van der Waals surface area contributed by atoms with Crippen molar-refractivity contribution in [2.45, 2.75) is 24.8 Å². The minimum Gasteiger partial charge on any atom is -0.357 e. The third-order valence-electron chi connectivity index (χ3n) is 3.59. The number of nitrogens with one attached hydrogen (secondary N) is 4. The van der Waals surface area contributed by atoms with Gasteiger partial charge in [-0.3, -0.25) is 15.6 Å². The molecule has 144 valence electrons. The number of hydrogen-bond acceptors (Lipinski definition) is 4. The Hall–Kier alpha value is -2.49. The van der Waals surface area contributed by atoms with Gasteiger partial charge < -0.3 is 5.32 Å². The minimum atomic E-state index is -3.63. The van der Waals surface area contributed by atoms with Crippen molar-refractivity contribution in [2.24, 2.45) is 0 Å². The summed E-state index contributed by atoms with van der Waals surface area (Å²) in [7, 11) is -3.63. The highest BCUT2D eigenvalue weighted by Gasteiger charge is 2.13. The van der Waals surface area contributed by atoms with Crippen molar-refractivity contribution < 1.29 is 13.2 Å². The molecular formula is C18H22N4O3S2. The summed E-state index contributed by atoms with van der Waals surface area (Å²) in [6.07, 6.45) is -0.0284. The molecule has 0 radical (unpaired) electrons. The first-order valence-corrected chi connectivity index (χ1v) is 10.2. The van der Waals surface area contributed by atoms with Gasteiger partial charge in [0.25, 0.3) is 0 Å². The monoisotopic (exact) mass is 406 g/mol. The van der Waals surface area contributed by atoms with Crippen molar-refractivity contribution in [1.82, 2.24) is 20.9 Å². The summed E-state index contributed by atoms with van der Waals surface area (Å²) in [6, 6.07) is 16.2. The lowest BCUT2D eigenvalue weighted by atomic mass is 10.2. The smallest absolute Gasteiger partial charge is 0.240 e. The summed E-state index contributed by atoms with van der Waals surface area (Å²) < 4.78 is 26.6. The normalized spacial score (nSPS) is 10.9. The van der Waals surface area contributed by atoms with Crippen LogP contribution < -0.4 is 20.9 Å². The molecule has 0 aliphatic heterocycles. The third-order valence-corrected chi connectivity index (χ3v) is 5.31. The molecule has 0 unspecified atom stereocenters. The van der Waals surface area contributed by atoms with Crippen LogP contribution in [0.25, 0.3) is 0 Å². The predicted octanol–water partition coefficient (Wildman–Crippen LogP) is 1.36. The fraction of sp³-hybridized carbons (Fsp3) is 0.222. The molecule has 1 amide bonds. The molecule has 2 aromatic carbocycles. The number of benzene rings is 2. The number of rotatable bonds is 7. The highest BCUT2D eigenvalue weighted by molar-refractivity contribution is 7.89. The van der Waals surface area contributed by atoms with Crippen LogP contribution in [0.1, 0.15) is 17.5 Å². The van der Waals surface area contributed by atoms with Crippen LogP contribution in [0.2, 0.25) is 0 Å². The average Bonchev–Trinajstić information content (AvgIpc) is 2.66. The van der Waals surface area contributed by atoms with Crippen molar-refractivity contribution in [3.8, 4) is 0 Å². The molecule has 4 N–H and O–H groups in total. The zero-order valence-corrected chi connectivity index (χ0v) is 16.5. The minimum absolute atomic E-state index is 0.0199. The predicted molar refractivity (Wildman–Crippen MR) is 108 cm³/mol. The summed E-state index contributed by atoms with van der Waals surface area (Å²) in [6.45, 7) is 2.38. The largest absolute Gasteiger partial charge is 0.357 e. The molecule has 2 rings (SSSR count). The average molecular weight is 407 g/mol. The summed E-state index contributed by atoms with van der Waals surface area (Å²) in [5, 5.41) is 3.23.